The molecule has 0 aliphatic carbocycles. The summed E-state index contributed by atoms with van der Waals surface area (Å²) in [6.45, 7) is 0.311. The van der Waals surface area contributed by atoms with Crippen LogP contribution < -0.4 is 10.3 Å². The number of rotatable bonds is 4. The molecule has 200 valence electrons. The molecule has 1 saturated heterocycles. The molecule has 4 heterocycles. The highest BCUT2D eigenvalue weighted by Crippen LogP contribution is 2.39. The molecule has 9 nitrogen and oxygen atoms in total. The molecule has 39 heavy (non-hydrogen) atoms. The van der Waals surface area contributed by atoms with Crippen molar-refractivity contribution in [2.45, 2.75) is 31.0 Å². The fourth-order valence-electron chi connectivity index (χ4n) is 4.56. The molecular formula is C26H20F4N6O3. The van der Waals surface area contributed by atoms with E-state index in [2.05, 4.69) is 19.9 Å². The molecular weight excluding hydrogens is 520 g/mol. The summed E-state index contributed by atoms with van der Waals surface area (Å²) in [5, 5.41) is 9.11. The zero-order valence-corrected chi connectivity index (χ0v) is 20.7. The third kappa shape index (κ3) is 4.90. The molecule has 0 amide bonds. The molecule has 0 N–H and O–H groups in total. The Balaban J connectivity index is 1.69. The van der Waals surface area contributed by atoms with Crippen molar-refractivity contribution < 1.29 is 27.0 Å². The van der Waals surface area contributed by atoms with Crippen LogP contribution in [0.5, 0.6) is 5.88 Å². The molecule has 2 atom stereocenters. The Labute approximate surface area is 218 Å². The highest BCUT2D eigenvalue weighted by Gasteiger charge is 2.38. The van der Waals surface area contributed by atoms with Gasteiger partial charge in [0.15, 0.2) is 5.52 Å². The molecule has 3 aromatic heterocycles. The van der Waals surface area contributed by atoms with E-state index in [0.29, 0.717) is 29.9 Å². The van der Waals surface area contributed by atoms with Crippen LogP contribution in [0.4, 0.5) is 17.6 Å². The second-order valence-corrected chi connectivity index (χ2v) is 8.94. The Morgan fingerprint density at radius 1 is 1.15 bits per heavy atom. The van der Waals surface area contributed by atoms with E-state index in [1.165, 1.54) is 19.2 Å². The van der Waals surface area contributed by atoms with Crippen molar-refractivity contribution in [2.75, 3.05) is 13.7 Å². The minimum atomic E-state index is -4.96. The number of methoxy groups -OCH3 is 1. The second kappa shape index (κ2) is 10.0. The largest absolute Gasteiger partial charge is 0.481 e. The summed E-state index contributed by atoms with van der Waals surface area (Å²) in [5.74, 6) is -2.20. The number of aromatic nitrogens is 5. The summed E-state index contributed by atoms with van der Waals surface area (Å²) >= 11 is 0. The van der Waals surface area contributed by atoms with Crippen molar-refractivity contribution in [3.05, 3.63) is 75.5 Å². The van der Waals surface area contributed by atoms with Crippen LogP contribution in [0.3, 0.4) is 0 Å². The number of nitriles is 1. The van der Waals surface area contributed by atoms with E-state index < -0.39 is 35.0 Å². The van der Waals surface area contributed by atoms with Gasteiger partial charge in [-0.2, -0.15) is 18.4 Å². The minimum absolute atomic E-state index is 0.00902. The Kier molecular flexibility index (Phi) is 6.73. The highest BCUT2D eigenvalue weighted by molar-refractivity contribution is 5.88. The standard InChI is InChI=1S/C26H20F4N6O3/c1-36-24(37)22-21(35-25(36)26(28,29)30)20(16-4-3-13(12-31)9-17(16)27)33-23(34-22)15-6-8-39-18(10-15)14-5-7-32-19(11-14)38-2/h3-5,7,9,11,15,18H,6,8,10H2,1-2H3/t15-,18-/m1/s1. The highest BCUT2D eigenvalue weighted by atomic mass is 19.4. The number of pyridine rings is 1. The number of hydrogen-bond acceptors (Lipinski definition) is 8. The van der Waals surface area contributed by atoms with Gasteiger partial charge in [0, 0.05) is 37.4 Å². The second-order valence-electron chi connectivity index (χ2n) is 8.94. The molecule has 1 aliphatic heterocycles. The van der Waals surface area contributed by atoms with Crippen molar-refractivity contribution in [1.82, 2.24) is 24.5 Å². The molecule has 1 fully saturated rings. The van der Waals surface area contributed by atoms with Gasteiger partial charge in [-0.25, -0.2) is 24.3 Å². The van der Waals surface area contributed by atoms with Crippen LogP contribution in [-0.4, -0.2) is 38.2 Å². The lowest BCUT2D eigenvalue weighted by molar-refractivity contribution is -0.147. The lowest BCUT2D eigenvalue weighted by atomic mass is 9.91. The van der Waals surface area contributed by atoms with Gasteiger partial charge < -0.3 is 9.47 Å². The zero-order valence-electron chi connectivity index (χ0n) is 20.7. The molecule has 13 heteroatoms. The quantitative estimate of drug-likeness (QED) is 0.349. The maximum atomic E-state index is 15.1. The van der Waals surface area contributed by atoms with Crippen molar-refractivity contribution in [3.63, 3.8) is 0 Å². The summed E-state index contributed by atoms with van der Waals surface area (Å²) in [4.78, 5) is 29.7. The normalized spacial score (nSPS) is 17.7. The molecule has 1 aliphatic rings. The van der Waals surface area contributed by atoms with Crippen LogP contribution in [0, 0.1) is 17.1 Å². The number of hydrogen-bond donors (Lipinski definition) is 0. The van der Waals surface area contributed by atoms with E-state index in [4.69, 9.17) is 14.7 Å². The van der Waals surface area contributed by atoms with Crippen LogP contribution in [0.25, 0.3) is 22.3 Å². The Hall–Kier alpha value is -4.44. The van der Waals surface area contributed by atoms with Gasteiger partial charge in [0.25, 0.3) is 5.56 Å². The smallest absolute Gasteiger partial charge is 0.449 e. The number of halogens is 4. The van der Waals surface area contributed by atoms with Crippen LogP contribution >= 0.6 is 0 Å². The van der Waals surface area contributed by atoms with E-state index in [-0.39, 0.29) is 34.1 Å². The van der Waals surface area contributed by atoms with Gasteiger partial charge in [-0.15, -0.1) is 0 Å². The summed E-state index contributed by atoms with van der Waals surface area (Å²) < 4.78 is 67.7. The Bertz CT molecular complexity index is 1680. The predicted octanol–water partition coefficient (Wildman–Crippen LogP) is 4.46. The number of ether oxygens (including phenoxy) is 2. The summed E-state index contributed by atoms with van der Waals surface area (Å²) in [5.41, 5.74) is -1.59. The van der Waals surface area contributed by atoms with E-state index >= 15 is 4.39 Å². The van der Waals surface area contributed by atoms with Crippen molar-refractivity contribution in [3.8, 4) is 23.2 Å². The topological polar surface area (TPSA) is 116 Å². The fraction of sp³-hybridized carbons (Fsp3) is 0.308. The van der Waals surface area contributed by atoms with Gasteiger partial charge in [0.05, 0.1) is 24.8 Å². The lowest BCUT2D eigenvalue weighted by Gasteiger charge is -2.29. The first-order valence-corrected chi connectivity index (χ1v) is 11.8. The molecule has 1 aromatic carbocycles. The molecule has 0 saturated carbocycles. The van der Waals surface area contributed by atoms with Gasteiger partial charge in [-0.05, 0) is 42.7 Å². The molecule has 0 unspecified atom stereocenters. The Morgan fingerprint density at radius 2 is 1.95 bits per heavy atom. The van der Waals surface area contributed by atoms with E-state index in [9.17, 15) is 18.0 Å². The third-order valence-corrected chi connectivity index (χ3v) is 6.54. The zero-order chi connectivity index (χ0) is 27.9. The number of fused-ring (bicyclic) bond motifs is 1. The molecule has 0 spiro atoms. The van der Waals surface area contributed by atoms with Crippen LogP contribution in [0.15, 0.2) is 41.3 Å². The van der Waals surface area contributed by atoms with Crippen molar-refractivity contribution in [1.29, 1.82) is 5.26 Å². The lowest BCUT2D eigenvalue weighted by Crippen LogP contribution is -2.29. The van der Waals surface area contributed by atoms with Crippen LogP contribution in [-0.2, 0) is 18.0 Å². The van der Waals surface area contributed by atoms with Crippen molar-refractivity contribution >= 4 is 11.0 Å². The van der Waals surface area contributed by atoms with Crippen LogP contribution in [0.1, 0.15) is 47.6 Å². The van der Waals surface area contributed by atoms with Gasteiger partial charge in [0.2, 0.25) is 11.7 Å². The van der Waals surface area contributed by atoms with E-state index in [0.717, 1.165) is 18.7 Å². The first-order valence-electron chi connectivity index (χ1n) is 11.8. The monoisotopic (exact) mass is 540 g/mol. The van der Waals surface area contributed by atoms with Crippen LogP contribution in [0.2, 0.25) is 0 Å². The molecule has 4 aromatic rings. The van der Waals surface area contributed by atoms with Gasteiger partial charge in [0.1, 0.15) is 22.9 Å². The number of nitrogens with zero attached hydrogens (tertiary/aromatic N) is 6. The Morgan fingerprint density at radius 3 is 2.64 bits per heavy atom. The molecule has 0 bridgehead atoms. The van der Waals surface area contributed by atoms with Crippen molar-refractivity contribution in [2.24, 2.45) is 7.05 Å². The summed E-state index contributed by atoms with van der Waals surface area (Å²) in [6.07, 6.45) is -2.95. The SMILES string of the molecule is COc1cc([C@H]2C[C@H](c3nc(-c4ccc(C#N)cc4F)c4nc(C(F)(F)F)n(C)c(=O)c4n3)CCO2)ccn1. The van der Waals surface area contributed by atoms with E-state index in [1.54, 1.807) is 24.4 Å². The third-order valence-electron chi connectivity index (χ3n) is 6.54. The summed E-state index contributed by atoms with van der Waals surface area (Å²) in [6, 6.07) is 8.77. The average molecular weight is 540 g/mol. The number of benzene rings is 1. The van der Waals surface area contributed by atoms with Gasteiger partial charge in [-0.3, -0.25) is 9.36 Å². The maximum Gasteiger partial charge on any atom is 0.449 e. The first kappa shape index (κ1) is 26.2. The summed E-state index contributed by atoms with van der Waals surface area (Å²) in [7, 11) is 2.44. The van der Waals surface area contributed by atoms with E-state index in [1.807, 2.05) is 0 Å². The maximum absolute atomic E-state index is 15.1. The molecule has 5 rings (SSSR count). The predicted molar refractivity (Wildman–Crippen MR) is 129 cm³/mol. The molecule has 0 radical (unpaired) electrons. The first-order chi connectivity index (χ1) is 18.6. The fourth-order valence-corrected chi connectivity index (χ4v) is 4.56. The average Bonchev–Trinajstić information content (AvgIpc) is 2.94. The number of alkyl halides is 3. The minimum Gasteiger partial charge on any atom is -0.481 e. The van der Waals surface area contributed by atoms with Gasteiger partial charge in [-0.1, -0.05) is 0 Å². The van der Waals surface area contributed by atoms with Gasteiger partial charge >= 0.3 is 6.18 Å².